The molecule has 1 aromatic heterocycles. The van der Waals surface area contributed by atoms with Crippen molar-refractivity contribution >= 4 is 23.0 Å². The molecule has 110 valence electrons. The first-order chi connectivity index (χ1) is 10.1. The molecule has 2 aromatic rings. The van der Waals surface area contributed by atoms with E-state index in [2.05, 4.69) is 16.4 Å². The Hall–Kier alpha value is -2.14. The van der Waals surface area contributed by atoms with Gasteiger partial charge in [-0.2, -0.15) is 0 Å². The van der Waals surface area contributed by atoms with Gasteiger partial charge in [0.25, 0.3) is 0 Å². The maximum atomic E-state index is 5.78. The summed E-state index contributed by atoms with van der Waals surface area (Å²) in [7, 11) is 1.68. The third-order valence-corrected chi connectivity index (χ3v) is 3.49. The highest BCUT2D eigenvalue weighted by Crippen LogP contribution is 2.19. The van der Waals surface area contributed by atoms with E-state index in [0.29, 0.717) is 4.99 Å². The van der Waals surface area contributed by atoms with E-state index in [1.165, 1.54) is 0 Å². The van der Waals surface area contributed by atoms with Crippen LogP contribution in [0.2, 0.25) is 0 Å². The van der Waals surface area contributed by atoms with Gasteiger partial charge in [-0.25, -0.2) is 4.98 Å². The maximum Gasteiger partial charge on any atom is 0.136 e. The third kappa shape index (κ3) is 3.70. The van der Waals surface area contributed by atoms with Crippen LogP contribution < -0.4 is 15.8 Å². The third-order valence-electron chi connectivity index (χ3n) is 3.29. The van der Waals surface area contributed by atoms with Gasteiger partial charge in [-0.05, 0) is 36.6 Å². The van der Waals surface area contributed by atoms with Crippen molar-refractivity contribution in [3.63, 3.8) is 0 Å². The molecule has 0 radical (unpaired) electrons. The van der Waals surface area contributed by atoms with Crippen LogP contribution in [0.25, 0.3) is 0 Å². The summed E-state index contributed by atoms with van der Waals surface area (Å²) in [5, 5.41) is 3.30. The van der Waals surface area contributed by atoms with Gasteiger partial charge in [-0.3, -0.25) is 0 Å². The minimum atomic E-state index is 0.361. The molecule has 0 aliphatic heterocycles. The van der Waals surface area contributed by atoms with Crippen molar-refractivity contribution in [2.45, 2.75) is 13.3 Å². The van der Waals surface area contributed by atoms with Gasteiger partial charge in [-0.15, -0.1) is 0 Å². The molecule has 0 atom stereocenters. The zero-order valence-corrected chi connectivity index (χ0v) is 13.0. The molecule has 0 aliphatic carbocycles. The van der Waals surface area contributed by atoms with Gasteiger partial charge in [-0.1, -0.05) is 30.4 Å². The minimum absolute atomic E-state index is 0.361. The summed E-state index contributed by atoms with van der Waals surface area (Å²) in [5.41, 5.74) is 8.76. The number of hydrogen-bond donors (Lipinski definition) is 2. The first-order valence-corrected chi connectivity index (χ1v) is 7.15. The standard InChI is InChI=1S/C16H19N3OS/c1-11-7-9-18-16(14(11)15(17)21)19-10-8-12-5-3-4-6-13(12)20-2/h3-7,9H,8,10H2,1-2H3,(H2,17,21)(H,18,19). The average Bonchev–Trinajstić information content (AvgIpc) is 2.47. The number of rotatable bonds is 6. The molecule has 0 spiro atoms. The SMILES string of the molecule is COc1ccccc1CCNc1nccc(C)c1C(N)=S. The van der Waals surface area contributed by atoms with Crippen LogP contribution in [0, 0.1) is 6.92 Å². The van der Waals surface area contributed by atoms with E-state index in [1.807, 2.05) is 31.2 Å². The zero-order valence-electron chi connectivity index (χ0n) is 12.2. The Kier molecular flexibility index (Phi) is 5.11. The molecular weight excluding hydrogens is 282 g/mol. The first-order valence-electron chi connectivity index (χ1n) is 6.74. The largest absolute Gasteiger partial charge is 0.496 e. The Morgan fingerprint density at radius 3 is 2.81 bits per heavy atom. The van der Waals surface area contributed by atoms with Crippen LogP contribution in [0.15, 0.2) is 36.5 Å². The number of aromatic nitrogens is 1. The number of methoxy groups -OCH3 is 1. The van der Waals surface area contributed by atoms with Gasteiger partial charge in [0.15, 0.2) is 0 Å². The number of thiocarbonyl (C=S) groups is 1. The number of anilines is 1. The normalized spacial score (nSPS) is 10.2. The second-order valence-corrected chi connectivity index (χ2v) is 5.14. The molecule has 21 heavy (non-hydrogen) atoms. The van der Waals surface area contributed by atoms with E-state index >= 15 is 0 Å². The van der Waals surface area contributed by atoms with Crippen LogP contribution in [0.1, 0.15) is 16.7 Å². The van der Waals surface area contributed by atoms with Crippen LogP contribution in [-0.4, -0.2) is 23.6 Å². The summed E-state index contributed by atoms with van der Waals surface area (Å²) in [5.74, 6) is 1.63. The van der Waals surface area contributed by atoms with Gasteiger partial charge in [0.05, 0.1) is 12.7 Å². The van der Waals surface area contributed by atoms with Crippen LogP contribution in [0.3, 0.4) is 0 Å². The van der Waals surface area contributed by atoms with Crippen molar-refractivity contribution in [1.82, 2.24) is 4.98 Å². The summed E-state index contributed by atoms with van der Waals surface area (Å²) >= 11 is 5.10. The van der Waals surface area contributed by atoms with Crippen molar-refractivity contribution < 1.29 is 4.74 Å². The zero-order chi connectivity index (χ0) is 15.2. The van der Waals surface area contributed by atoms with Gasteiger partial charge < -0.3 is 15.8 Å². The summed E-state index contributed by atoms with van der Waals surface area (Å²) in [6, 6.07) is 9.88. The number of pyridine rings is 1. The molecule has 4 nitrogen and oxygen atoms in total. The predicted molar refractivity (Wildman–Crippen MR) is 90.0 cm³/mol. The lowest BCUT2D eigenvalue weighted by molar-refractivity contribution is 0.410. The van der Waals surface area contributed by atoms with Crippen LogP contribution in [0.5, 0.6) is 5.75 Å². The van der Waals surface area contributed by atoms with Crippen molar-refractivity contribution in [3.8, 4) is 5.75 Å². The number of nitrogens with two attached hydrogens (primary N) is 1. The second-order valence-electron chi connectivity index (χ2n) is 4.70. The molecule has 0 bridgehead atoms. The highest BCUT2D eigenvalue weighted by atomic mass is 32.1. The Labute approximate surface area is 130 Å². The molecule has 0 fully saturated rings. The fraction of sp³-hybridized carbons (Fsp3) is 0.250. The lowest BCUT2D eigenvalue weighted by Gasteiger charge is -2.13. The van der Waals surface area contributed by atoms with Gasteiger partial charge in [0, 0.05) is 12.7 Å². The van der Waals surface area contributed by atoms with Gasteiger partial charge in [0.2, 0.25) is 0 Å². The van der Waals surface area contributed by atoms with Crippen molar-refractivity contribution in [1.29, 1.82) is 0 Å². The monoisotopic (exact) mass is 301 g/mol. The molecule has 1 heterocycles. The smallest absolute Gasteiger partial charge is 0.136 e. The van der Waals surface area contributed by atoms with Crippen LogP contribution in [0.4, 0.5) is 5.82 Å². The lowest BCUT2D eigenvalue weighted by Crippen LogP contribution is -2.17. The predicted octanol–water partition coefficient (Wildman–Crippen LogP) is 2.69. The summed E-state index contributed by atoms with van der Waals surface area (Å²) in [6.45, 7) is 2.70. The van der Waals surface area contributed by atoms with Crippen molar-refractivity contribution in [2.75, 3.05) is 19.0 Å². The van der Waals surface area contributed by atoms with Crippen molar-refractivity contribution in [3.05, 3.63) is 53.2 Å². The summed E-state index contributed by atoms with van der Waals surface area (Å²) in [6.07, 6.45) is 2.58. The number of para-hydroxylation sites is 1. The van der Waals surface area contributed by atoms with E-state index in [0.717, 1.165) is 41.2 Å². The highest BCUT2D eigenvalue weighted by molar-refractivity contribution is 7.80. The molecule has 1 aromatic carbocycles. The number of ether oxygens (including phenoxy) is 1. The molecule has 0 unspecified atom stereocenters. The van der Waals surface area contributed by atoms with Gasteiger partial charge >= 0.3 is 0 Å². The molecule has 5 heteroatoms. The fourth-order valence-electron chi connectivity index (χ4n) is 2.23. The van der Waals surface area contributed by atoms with E-state index in [1.54, 1.807) is 13.3 Å². The minimum Gasteiger partial charge on any atom is -0.496 e. The number of benzene rings is 1. The Bertz CT molecular complexity index is 643. The number of nitrogens with zero attached hydrogens (tertiary/aromatic N) is 1. The van der Waals surface area contributed by atoms with Gasteiger partial charge in [0.1, 0.15) is 16.6 Å². The quantitative estimate of drug-likeness (QED) is 0.803. The van der Waals surface area contributed by atoms with E-state index < -0.39 is 0 Å². The second kappa shape index (κ2) is 7.04. The summed E-state index contributed by atoms with van der Waals surface area (Å²) < 4.78 is 5.34. The van der Waals surface area contributed by atoms with E-state index in [4.69, 9.17) is 22.7 Å². The molecular formula is C16H19N3OS. The van der Waals surface area contributed by atoms with Crippen LogP contribution >= 0.6 is 12.2 Å². The first kappa shape index (κ1) is 15.3. The highest BCUT2D eigenvalue weighted by Gasteiger charge is 2.09. The Morgan fingerprint density at radius 2 is 2.10 bits per heavy atom. The van der Waals surface area contributed by atoms with Crippen molar-refractivity contribution in [2.24, 2.45) is 5.73 Å². The fourth-order valence-corrected chi connectivity index (χ4v) is 2.49. The topological polar surface area (TPSA) is 60.2 Å². The van der Waals surface area contributed by atoms with E-state index in [-0.39, 0.29) is 0 Å². The number of nitrogens with one attached hydrogen (secondary N) is 1. The molecule has 0 saturated carbocycles. The Morgan fingerprint density at radius 1 is 1.33 bits per heavy atom. The van der Waals surface area contributed by atoms with E-state index in [9.17, 15) is 0 Å². The molecule has 0 aliphatic rings. The average molecular weight is 301 g/mol. The lowest BCUT2D eigenvalue weighted by atomic mass is 10.1. The maximum absolute atomic E-state index is 5.78. The molecule has 0 saturated heterocycles. The molecule has 0 amide bonds. The molecule has 2 rings (SSSR count). The van der Waals surface area contributed by atoms with Crippen LogP contribution in [-0.2, 0) is 6.42 Å². The number of hydrogen-bond acceptors (Lipinski definition) is 4. The number of aryl methyl sites for hydroxylation is 1. The summed E-state index contributed by atoms with van der Waals surface area (Å²) in [4.78, 5) is 4.69. The Balaban J connectivity index is 2.07. The molecule has 3 N–H and O–H groups in total.